The summed E-state index contributed by atoms with van der Waals surface area (Å²) in [7, 11) is 0. The molecule has 1 amide bonds. The summed E-state index contributed by atoms with van der Waals surface area (Å²) >= 11 is 3.42. The van der Waals surface area contributed by atoms with Crippen molar-refractivity contribution in [3.8, 4) is 11.4 Å². The second-order valence-electron chi connectivity index (χ2n) is 5.55. The van der Waals surface area contributed by atoms with Gasteiger partial charge in [0.1, 0.15) is 11.9 Å². The standard InChI is InChI=1S/C19H15BrFN3O2/c1-12(22-17(25)11-8-13-4-2-3-5-16(13)20)19-23-18(24-26-19)14-6-9-15(21)10-7-14/h2-12H,1H3,(H,22,25)/b11-8+. The number of hydrogen-bond acceptors (Lipinski definition) is 4. The summed E-state index contributed by atoms with van der Waals surface area (Å²) in [5, 5.41) is 6.63. The Bertz CT molecular complexity index is 938. The predicted molar refractivity (Wildman–Crippen MR) is 99.4 cm³/mol. The maximum absolute atomic E-state index is 13.0. The van der Waals surface area contributed by atoms with Crippen LogP contribution in [0.25, 0.3) is 17.5 Å². The molecule has 26 heavy (non-hydrogen) atoms. The van der Waals surface area contributed by atoms with Crippen molar-refractivity contribution in [3.63, 3.8) is 0 Å². The van der Waals surface area contributed by atoms with Crippen molar-refractivity contribution >= 4 is 27.9 Å². The molecule has 0 bridgehead atoms. The number of benzene rings is 2. The molecule has 1 unspecified atom stereocenters. The lowest BCUT2D eigenvalue weighted by Crippen LogP contribution is -2.24. The number of carbonyl (C=O) groups excluding carboxylic acids is 1. The highest BCUT2D eigenvalue weighted by Gasteiger charge is 2.16. The Labute approximate surface area is 158 Å². The molecule has 1 aromatic heterocycles. The fourth-order valence-electron chi connectivity index (χ4n) is 2.23. The molecule has 7 heteroatoms. The molecule has 1 atom stereocenters. The van der Waals surface area contributed by atoms with Crippen molar-refractivity contribution in [3.05, 3.63) is 76.4 Å². The van der Waals surface area contributed by atoms with Crippen molar-refractivity contribution < 1.29 is 13.7 Å². The Morgan fingerprint density at radius 2 is 1.96 bits per heavy atom. The first-order chi connectivity index (χ1) is 12.5. The van der Waals surface area contributed by atoms with Crippen LogP contribution < -0.4 is 5.32 Å². The Balaban J connectivity index is 1.64. The van der Waals surface area contributed by atoms with E-state index in [0.717, 1.165) is 10.0 Å². The van der Waals surface area contributed by atoms with E-state index in [-0.39, 0.29) is 17.6 Å². The molecule has 0 aliphatic rings. The molecule has 1 heterocycles. The van der Waals surface area contributed by atoms with E-state index >= 15 is 0 Å². The first-order valence-electron chi connectivity index (χ1n) is 7.85. The van der Waals surface area contributed by atoms with E-state index < -0.39 is 6.04 Å². The maximum Gasteiger partial charge on any atom is 0.249 e. The van der Waals surface area contributed by atoms with E-state index in [1.807, 2.05) is 24.3 Å². The highest BCUT2D eigenvalue weighted by molar-refractivity contribution is 9.10. The zero-order valence-electron chi connectivity index (χ0n) is 13.8. The summed E-state index contributed by atoms with van der Waals surface area (Å²) in [6, 6.07) is 12.9. The van der Waals surface area contributed by atoms with Crippen molar-refractivity contribution in [1.29, 1.82) is 0 Å². The third-order valence-electron chi connectivity index (χ3n) is 3.59. The predicted octanol–water partition coefficient (Wildman–Crippen LogP) is 4.53. The first kappa shape index (κ1) is 18.0. The Kier molecular flexibility index (Phi) is 5.58. The summed E-state index contributed by atoms with van der Waals surface area (Å²) in [5.41, 5.74) is 1.53. The number of hydrogen-bond donors (Lipinski definition) is 1. The van der Waals surface area contributed by atoms with E-state index in [1.54, 1.807) is 25.1 Å². The molecule has 0 saturated heterocycles. The minimum atomic E-state index is -0.465. The van der Waals surface area contributed by atoms with E-state index in [9.17, 15) is 9.18 Å². The van der Waals surface area contributed by atoms with Crippen LogP contribution in [-0.2, 0) is 4.79 Å². The average molecular weight is 416 g/mol. The molecular formula is C19H15BrFN3O2. The molecule has 3 rings (SSSR count). The lowest BCUT2D eigenvalue weighted by atomic mass is 10.2. The second kappa shape index (κ2) is 8.05. The number of carbonyl (C=O) groups is 1. The monoisotopic (exact) mass is 415 g/mol. The zero-order chi connectivity index (χ0) is 18.5. The SMILES string of the molecule is CC(NC(=O)/C=C/c1ccccc1Br)c1nc(-c2ccc(F)cc2)no1. The number of halogens is 2. The summed E-state index contributed by atoms with van der Waals surface area (Å²) in [6.07, 6.45) is 3.15. The third-order valence-corrected chi connectivity index (χ3v) is 4.32. The van der Waals surface area contributed by atoms with E-state index in [0.29, 0.717) is 11.4 Å². The first-order valence-corrected chi connectivity index (χ1v) is 8.65. The van der Waals surface area contributed by atoms with Crippen LogP contribution in [0.3, 0.4) is 0 Å². The molecule has 1 N–H and O–H groups in total. The second-order valence-corrected chi connectivity index (χ2v) is 6.40. The molecule has 132 valence electrons. The average Bonchev–Trinajstić information content (AvgIpc) is 3.12. The molecule has 0 fully saturated rings. The minimum absolute atomic E-state index is 0.270. The number of nitrogens with one attached hydrogen (secondary N) is 1. The van der Waals surface area contributed by atoms with E-state index in [2.05, 4.69) is 31.4 Å². The topological polar surface area (TPSA) is 68.0 Å². The highest BCUT2D eigenvalue weighted by atomic mass is 79.9. The molecule has 0 radical (unpaired) electrons. The molecular weight excluding hydrogens is 401 g/mol. The van der Waals surface area contributed by atoms with Gasteiger partial charge in [-0.3, -0.25) is 4.79 Å². The van der Waals surface area contributed by atoms with Gasteiger partial charge in [-0.1, -0.05) is 39.3 Å². The van der Waals surface area contributed by atoms with Crippen LogP contribution in [0.4, 0.5) is 4.39 Å². The molecule has 3 aromatic rings. The largest absolute Gasteiger partial charge is 0.341 e. The summed E-state index contributed by atoms with van der Waals surface area (Å²) in [6.45, 7) is 1.74. The molecule has 0 aliphatic heterocycles. The maximum atomic E-state index is 13.0. The van der Waals surface area contributed by atoms with Gasteiger partial charge in [0, 0.05) is 16.1 Å². The van der Waals surface area contributed by atoms with Gasteiger partial charge in [0.2, 0.25) is 17.6 Å². The van der Waals surface area contributed by atoms with Crippen LogP contribution in [0.15, 0.2) is 63.6 Å². The smallest absolute Gasteiger partial charge is 0.249 e. The van der Waals surface area contributed by atoms with Crippen LogP contribution >= 0.6 is 15.9 Å². The molecule has 0 saturated carbocycles. The fourth-order valence-corrected chi connectivity index (χ4v) is 2.64. The number of aromatic nitrogens is 2. The van der Waals surface area contributed by atoms with Gasteiger partial charge in [0.25, 0.3) is 0 Å². The van der Waals surface area contributed by atoms with Gasteiger partial charge in [-0.15, -0.1) is 0 Å². The number of amides is 1. The van der Waals surface area contributed by atoms with Gasteiger partial charge < -0.3 is 9.84 Å². The fraction of sp³-hybridized carbons (Fsp3) is 0.105. The van der Waals surface area contributed by atoms with Crippen LogP contribution in [0.2, 0.25) is 0 Å². The lowest BCUT2D eigenvalue weighted by molar-refractivity contribution is -0.117. The quantitative estimate of drug-likeness (QED) is 0.621. The van der Waals surface area contributed by atoms with Gasteiger partial charge in [0.15, 0.2) is 0 Å². The molecule has 2 aromatic carbocycles. The van der Waals surface area contributed by atoms with Gasteiger partial charge in [-0.25, -0.2) is 4.39 Å². The zero-order valence-corrected chi connectivity index (χ0v) is 15.4. The normalized spacial score (nSPS) is 12.3. The Hall–Kier alpha value is -2.80. The summed E-state index contributed by atoms with van der Waals surface area (Å²) in [4.78, 5) is 16.3. The third kappa shape index (κ3) is 4.43. The van der Waals surface area contributed by atoms with Crippen LogP contribution in [0.1, 0.15) is 24.4 Å². The minimum Gasteiger partial charge on any atom is -0.341 e. The van der Waals surface area contributed by atoms with E-state index in [4.69, 9.17) is 4.52 Å². The van der Waals surface area contributed by atoms with Crippen molar-refractivity contribution in [1.82, 2.24) is 15.5 Å². The van der Waals surface area contributed by atoms with Crippen molar-refractivity contribution in [2.24, 2.45) is 0 Å². The molecule has 5 nitrogen and oxygen atoms in total. The van der Waals surface area contributed by atoms with Gasteiger partial charge in [-0.05, 0) is 48.9 Å². The van der Waals surface area contributed by atoms with E-state index in [1.165, 1.54) is 18.2 Å². The molecule has 0 aliphatic carbocycles. The highest BCUT2D eigenvalue weighted by Crippen LogP contribution is 2.19. The number of rotatable bonds is 5. The van der Waals surface area contributed by atoms with Crippen LogP contribution in [-0.4, -0.2) is 16.0 Å². The summed E-state index contributed by atoms with van der Waals surface area (Å²) in [5.74, 6) is -0.0125. The lowest BCUT2D eigenvalue weighted by Gasteiger charge is -2.07. The van der Waals surface area contributed by atoms with Gasteiger partial charge in [-0.2, -0.15) is 4.98 Å². The Morgan fingerprint density at radius 1 is 1.23 bits per heavy atom. The van der Waals surface area contributed by atoms with Crippen molar-refractivity contribution in [2.75, 3.05) is 0 Å². The van der Waals surface area contributed by atoms with Crippen LogP contribution in [0, 0.1) is 5.82 Å². The Morgan fingerprint density at radius 3 is 2.69 bits per heavy atom. The van der Waals surface area contributed by atoms with Crippen molar-refractivity contribution in [2.45, 2.75) is 13.0 Å². The number of nitrogens with zero attached hydrogens (tertiary/aromatic N) is 2. The van der Waals surface area contributed by atoms with Gasteiger partial charge in [0.05, 0.1) is 0 Å². The molecule has 0 spiro atoms. The van der Waals surface area contributed by atoms with Crippen LogP contribution in [0.5, 0.6) is 0 Å². The summed E-state index contributed by atoms with van der Waals surface area (Å²) < 4.78 is 19.1. The van der Waals surface area contributed by atoms with Gasteiger partial charge >= 0.3 is 0 Å².